The second-order valence-corrected chi connectivity index (χ2v) is 7.82. The van der Waals surface area contributed by atoms with E-state index in [0.717, 1.165) is 46.7 Å². The second kappa shape index (κ2) is 7.67. The fourth-order valence-corrected chi connectivity index (χ4v) is 4.34. The highest BCUT2D eigenvalue weighted by Gasteiger charge is 2.26. The van der Waals surface area contributed by atoms with Gasteiger partial charge in [0.25, 0.3) is 0 Å². The van der Waals surface area contributed by atoms with E-state index < -0.39 is 0 Å². The highest BCUT2D eigenvalue weighted by molar-refractivity contribution is 7.16. The zero-order valence-electron chi connectivity index (χ0n) is 16.5. The Morgan fingerprint density at radius 2 is 2.10 bits per heavy atom. The number of ether oxygens (including phenoxy) is 1. The summed E-state index contributed by atoms with van der Waals surface area (Å²) in [7, 11) is 1.58. The lowest BCUT2D eigenvalue weighted by molar-refractivity contribution is 0.397. The number of thiazole rings is 1. The molecule has 5 heterocycles. The molecule has 30 heavy (non-hydrogen) atoms. The third kappa shape index (κ3) is 3.54. The van der Waals surface area contributed by atoms with Crippen LogP contribution in [0, 0.1) is 6.92 Å². The number of rotatable bonds is 5. The molecule has 4 aromatic heterocycles. The van der Waals surface area contributed by atoms with Crippen molar-refractivity contribution in [1.82, 2.24) is 35.1 Å². The van der Waals surface area contributed by atoms with Gasteiger partial charge in [0.15, 0.2) is 5.13 Å². The maximum atomic E-state index is 5.16. The number of aromatic amines is 1. The zero-order valence-corrected chi connectivity index (χ0v) is 17.3. The number of aryl methyl sites for hydroxylation is 1. The number of hydrogen-bond acceptors (Lipinski definition) is 10. The van der Waals surface area contributed by atoms with E-state index in [1.54, 1.807) is 36.9 Å². The van der Waals surface area contributed by atoms with E-state index in [1.165, 1.54) is 4.88 Å². The molecular formula is C19H19N9OS. The van der Waals surface area contributed by atoms with Gasteiger partial charge in [-0.3, -0.25) is 10.4 Å². The number of fused-ring (bicyclic) bond motifs is 3. The Bertz CT molecular complexity index is 1190. The lowest BCUT2D eigenvalue weighted by Crippen LogP contribution is -2.25. The van der Waals surface area contributed by atoms with Gasteiger partial charge in [-0.05, 0) is 13.0 Å². The number of hydrogen-bond donors (Lipinski definition) is 2. The minimum atomic E-state index is 0.450. The van der Waals surface area contributed by atoms with Crippen LogP contribution in [-0.4, -0.2) is 48.8 Å². The minimum absolute atomic E-state index is 0.450. The van der Waals surface area contributed by atoms with Gasteiger partial charge in [-0.25, -0.2) is 19.9 Å². The van der Waals surface area contributed by atoms with Crippen LogP contribution in [0.15, 0.2) is 30.7 Å². The first kappa shape index (κ1) is 18.4. The summed E-state index contributed by atoms with van der Waals surface area (Å²) in [5.74, 6) is 2.66. The second-order valence-electron chi connectivity index (χ2n) is 6.74. The van der Waals surface area contributed by atoms with Gasteiger partial charge in [-0.1, -0.05) is 0 Å². The predicted octanol–water partition coefficient (Wildman–Crippen LogP) is 2.74. The molecule has 0 aromatic carbocycles. The molecule has 152 valence electrons. The Hall–Kier alpha value is -3.60. The molecule has 0 bridgehead atoms. The third-order valence-electron chi connectivity index (χ3n) is 4.74. The Morgan fingerprint density at radius 3 is 2.97 bits per heavy atom. The summed E-state index contributed by atoms with van der Waals surface area (Å²) in [6, 6.07) is 3.64. The Morgan fingerprint density at radius 1 is 1.20 bits per heavy atom. The predicted molar refractivity (Wildman–Crippen MR) is 113 cm³/mol. The zero-order chi connectivity index (χ0) is 20.5. The summed E-state index contributed by atoms with van der Waals surface area (Å²) in [4.78, 5) is 25.5. The van der Waals surface area contributed by atoms with Crippen molar-refractivity contribution in [2.45, 2.75) is 19.9 Å². The Kier molecular flexibility index (Phi) is 4.71. The van der Waals surface area contributed by atoms with Gasteiger partial charge in [0.1, 0.15) is 11.6 Å². The molecule has 4 aromatic rings. The van der Waals surface area contributed by atoms with Gasteiger partial charge in [0.2, 0.25) is 11.8 Å². The van der Waals surface area contributed by atoms with Crippen molar-refractivity contribution in [1.29, 1.82) is 0 Å². The molecule has 2 N–H and O–H groups in total. The number of methoxy groups -OCH3 is 1. The summed E-state index contributed by atoms with van der Waals surface area (Å²) in [6.07, 6.45) is 6.12. The number of aromatic nitrogens is 7. The summed E-state index contributed by atoms with van der Waals surface area (Å²) < 4.78 is 5.16. The SMILES string of the molecule is COc1ccnc(Nc2nc3c(s2)CCN(Cc2ccnc(C)n2)c2[nH]ncc2-3)n1. The molecule has 0 spiro atoms. The van der Waals surface area contributed by atoms with Crippen LogP contribution in [0.2, 0.25) is 0 Å². The lowest BCUT2D eigenvalue weighted by atomic mass is 10.2. The van der Waals surface area contributed by atoms with Crippen LogP contribution in [0.5, 0.6) is 5.88 Å². The molecule has 1 aliphatic heterocycles. The van der Waals surface area contributed by atoms with E-state index in [1.807, 2.05) is 19.2 Å². The number of nitrogens with one attached hydrogen (secondary N) is 2. The van der Waals surface area contributed by atoms with Gasteiger partial charge in [-0.15, -0.1) is 11.3 Å². The molecule has 1 aliphatic rings. The van der Waals surface area contributed by atoms with E-state index in [9.17, 15) is 0 Å². The number of H-pyrrole nitrogens is 1. The fraction of sp³-hybridized carbons (Fsp3) is 0.263. The first-order valence-electron chi connectivity index (χ1n) is 9.40. The molecule has 0 atom stereocenters. The first-order valence-corrected chi connectivity index (χ1v) is 10.2. The molecule has 11 heteroatoms. The number of anilines is 3. The maximum absolute atomic E-state index is 5.16. The van der Waals surface area contributed by atoms with Crippen molar-refractivity contribution in [3.63, 3.8) is 0 Å². The Balaban J connectivity index is 1.42. The molecule has 0 saturated carbocycles. The first-order chi connectivity index (χ1) is 14.7. The van der Waals surface area contributed by atoms with Crippen LogP contribution in [-0.2, 0) is 13.0 Å². The van der Waals surface area contributed by atoms with E-state index in [0.29, 0.717) is 18.4 Å². The van der Waals surface area contributed by atoms with Crippen molar-refractivity contribution in [3.05, 3.63) is 47.1 Å². The highest BCUT2D eigenvalue weighted by Crippen LogP contribution is 2.39. The van der Waals surface area contributed by atoms with Gasteiger partial charge >= 0.3 is 0 Å². The maximum Gasteiger partial charge on any atom is 0.232 e. The van der Waals surface area contributed by atoms with Crippen molar-refractivity contribution < 1.29 is 4.74 Å². The van der Waals surface area contributed by atoms with Crippen LogP contribution in [0.1, 0.15) is 16.4 Å². The van der Waals surface area contributed by atoms with Crippen molar-refractivity contribution >= 4 is 28.2 Å². The summed E-state index contributed by atoms with van der Waals surface area (Å²) >= 11 is 1.60. The van der Waals surface area contributed by atoms with Gasteiger partial charge in [-0.2, -0.15) is 10.1 Å². The van der Waals surface area contributed by atoms with E-state index >= 15 is 0 Å². The van der Waals surface area contributed by atoms with E-state index in [2.05, 4.69) is 40.3 Å². The van der Waals surface area contributed by atoms with Crippen molar-refractivity contribution in [2.75, 3.05) is 23.9 Å². The highest BCUT2D eigenvalue weighted by atomic mass is 32.1. The quantitative estimate of drug-likeness (QED) is 0.501. The average Bonchev–Trinajstić information content (AvgIpc) is 3.35. The molecule has 0 saturated heterocycles. The smallest absolute Gasteiger partial charge is 0.232 e. The van der Waals surface area contributed by atoms with E-state index in [4.69, 9.17) is 9.72 Å². The molecule has 0 amide bonds. The van der Waals surface area contributed by atoms with Crippen molar-refractivity contribution in [2.24, 2.45) is 0 Å². The molecular weight excluding hydrogens is 402 g/mol. The van der Waals surface area contributed by atoms with Crippen LogP contribution in [0.25, 0.3) is 11.3 Å². The normalized spacial score (nSPS) is 12.8. The summed E-state index contributed by atoms with van der Waals surface area (Å²) in [5.41, 5.74) is 2.87. The van der Waals surface area contributed by atoms with Crippen LogP contribution in [0.4, 0.5) is 16.9 Å². The monoisotopic (exact) mass is 421 g/mol. The van der Waals surface area contributed by atoms with Crippen LogP contribution in [0.3, 0.4) is 0 Å². The van der Waals surface area contributed by atoms with Crippen LogP contribution < -0.4 is 15.0 Å². The topological polar surface area (TPSA) is 118 Å². The molecule has 0 radical (unpaired) electrons. The third-order valence-corrected chi connectivity index (χ3v) is 5.77. The summed E-state index contributed by atoms with van der Waals surface area (Å²) in [5, 5.41) is 11.3. The summed E-state index contributed by atoms with van der Waals surface area (Å²) in [6.45, 7) is 3.40. The van der Waals surface area contributed by atoms with E-state index in [-0.39, 0.29) is 0 Å². The lowest BCUT2D eigenvalue weighted by Gasteiger charge is -2.21. The largest absolute Gasteiger partial charge is 0.481 e. The minimum Gasteiger partial charge on any atom is -0.481 e. The number of nitrogens with zero attached hydrogens (tertiary/aromatic N) is 7. The Labute approximate surface area is 176 Å². The average molecular weight is 421 g/mol. The van der Waals surface area contributed by atoms with Crippen molar-refractivity contribution in [3.8, 4) is 17.1 Å². The van der Waals surface area contributed by atoms with Gasteiger partial charge in [0.05, 0.1) is 36.8 Å². The van der Waals surface area contributed by atoms with Gasteiger partial charge < -0.3 is 9.64 Å². The standard InChI is InChI=1S/C19H19N9OS/c1-11-20-6-3-12(23-11)10-28-8-5-14-16(13-9-22-27-17(13)28)25-19(30-14)26-18-21-7-4-15(24-18)29-2/h3-4,6-7,9H,5,8,10H2,1-2H3,(H,22,27)(H,21,24,25,26). The molecule has 5 rings (SSSR count). The molecule has 10 nitrogen and oxygen atoms in total. The molecule has 0 fully saturated rings. The van der Waals surface area contributed by atoms with Gasteiger partial charge in [0, 0.05) is 36.3 Å². The van der Waals surface area contributed by atoms with Crippen LogP contribution >= 0.6 is 11.3 Å². The molecule has 0 unspecified atom stereocenters. The fourth-order valence-electron chi connectivity index (χ4n) is 3.39. The molecule has 0 aliphatic carbocycles.